The topological polar surface area (TPSA) is 82.2 Å². The first kappa shape index (κ1) is 14.6. The van der Waals surface area contributed by atoms with Crippen LogP contribution in [0, 0.1) is 18.8 Å². The Morgan fingerprint density at radius 2 is 2.14 bits per heavy atom. The van der Waals surface area contributed by atoms with E-state index in [9.17, 15) is 9.59 Å². The number of hydrogen-bond donors (Lipinski definition) is 3. The van der Waals surface area contributed by atoms with Crippen LogP contribution in [0.25, 0.3) is 0 Å². The summed E-state index contributed by atoms with van der Waals surface area (Å²) >= 11 is 0. The van der Waals surface area contributed by atoms with Crippen molar-refractivity contribution in [1.82, 2.24) is 4.98 Å². The number of aliphatic hydroxyl groups is 1. The van der Waals surface area contributed by atoms with Gasteiger partial charge in [-0.25, -0.2) is 0 Å². The molecule has 1 aromatic heterocycles. The minimum Gasteiger partial charge on any atom is -0.384 e. The summed E-state index contributed by atoms with van der Waals surface area (Å²) in [6.45, 7) is 1.67. The zero-order valence-corrected chi connectivity index (χ0v) is 11.4. The minimum atomic E-state index is -0.321. The van der Waals surface area contributed by atoms with E-state index in [4.69, 9.17) is 5.11 Å². The minimum absolute atomic E-state index is 0.215. The third-order valence-corrected chi connectivity index (χ3v) is 2.69. The van der Waals surface area contributed by atoms with Gasteiger partial charge in [0, 0.05) is 23.5 Å². The number of hydrogen-bond acceptors (Lipinski definition) is 3. The second kappa shape index (κ2) is 6.55. The number of H-pyrrole nitrogens is 1. The molecule has 5 heteroatoms. The van der Waals surface area contributed by atoms with E-state index >= 15 is 0 Å². The summed E-state index contributed by atoms with van der Waals surface area (Å²) in [6, 6.07) is 8.14. The van der Waals surface area contributed by atoms with Gasteiger partial charge in [0.2, 0.25) is 5.56 Å². The SMILES string of the molecule is Cc1cc(C#CCO)cc(NC(=O)c2ccc(=O)[nH]c2)c1. The van der Waals surface area contributed by atoms with Gasteiger partial charge in [-0.15, -0.1) is 0 Å². The van der Waals surface area contributed by atoms with Crippen LogP contribution in [0.15, 0.2) is 41.3 Å². The highest BCUT2D eigenvalue weighted by Gasteiger charge is 2.06. The van der Waals surface area contributed by atoms with Gasteiger partial charge in [-0.2, -0.15) is 0 Å². The Balaban J connectivity index is 2.22. The number of carbonyl (C=O) groups excluding carboxylic acids is 1. The highest BCUT2D eigenvalue weighted by atomic mass is 16.2. The van der Waals surface area contributed by atoms with Crippen LogP contribution in [0.1, 0.15) is 21.5 Å². The van der Waals surface area contributed by atoms with E-state index in [0.717, 1.165) is 5.56 Å². The third-order valence-electron chi connectivity index (χ3n) is 2.69. The zero-order chi connectivity index (χ0) is 15.2. The Bertz CT molecular complexity index is 762. The quantitative estimate of drug-likeness (QED) is 0.726. The lowest BCUT2D eigenvalue weighted by Gasteiger charge is -2.07. The number of amides is 1. The molecule has 0 unspecified atom stereocenters. The van der Waals surface area contributed by atoms with Crippen LogP contribution in [-0.4, -0.2) is 22.6 Å². The predicted molar refractivity (Wildman–Crippen MR) is 80.2 cm³/mol. The molecule has 0 aliphatic carbocycles. The number of benzene rings is 1. The summed E-state index contributed by atoms with van der Waals surface area (Å²) < 4.78 is 0. The van der Waals surface area contributed by atoms with Gasteiger partial charge in [0.25, 0.3) is 5.91 Å². The first-order valence-corrected chi connectivity index (χ1v) is 6.30. The monoisotopic (exact) mass is 282 g/mol. The summed E-state index contributed by atoms with van der Waals surface area (Å²) in [6.07, 6.45) is 1.36. The first-order valence-electron chi connectivity index (χ1n) is 6.30. The lowest BCUT2D eigenvalue weighted by Crippen LogP contribution is -2.14. The van der Waals surface area contributed by atoms with Crippen LogP contribution >= 0.6 is 0 Å². The number of rotatable bonds is 2. The fourth-order valence-corrected chi connectivity index (χ4v) is 1.82. The smallest absolute Gasteiger partial charge is 0.257 e. The Kier molecular flexibility index (Phi) is 4.54. The number of nitrogens with one attached hydrogen (secondary N) is 2. The molecule has 0 spiro atoms. The Labute approximate surface area is 121 Å². The highest BCUT2D eigenvalue weighted by molar-refractivity contribution is 6.04. The van der Waals surface area contributed by atoms with Crippen molar-refractivity contribution in [2.45, 2.75) is 6.92 Å². The average Bonchev–Trinajstić information content (AvgIpc) is 2.45. The summed E-state index contributed by atoms with van der Waals surface area (Å²) in [5.41, 5.74) is 2.36. The van der Waals surface area contributed by atoms with E-state index in [1.165, 1.54) is 18.3 Å². The van der Waals surface area contributed by atoms with Crippen molar-refractivity contribution in [2.24, 2.45) is 0 Å². The van der Waals surface area contributed by atoms with Gasteiger partial charge in [0.05, 0.1) is 5.56 Å². The standard InChI is InChI=1S/C16H14N2O3/c1-11-7-12(3-2-6-19)9-14(8-11)18-16(21)13-4-5-15(20)17-10-13/h4-5,7-10,19H,6H2,1H3,(H,17,20)(H,18,21). The molecule has 2 rings (SSSR count). The second-order valence-corrected chi connectivity index (χ2v) is 4.44. The molecular weight excluding hydrogens is 268 g/mol. The maximum Gasteiger partial charge on any atom is 0.257 e. The molecule has 21 heavy (non-hydrogen) atoms. The summed E-state index contributed by atoms with van der Waals surface area (Å²) in [7, 11) is 0. The van der Waals surface area contributed by atoms with E-state index in [-0.39, 0.29) is 18.1 Å². The van der Waals surface area contributed by atoms with Crippen molar-refractivity contribution in [3.8, 4) is 11.8 Å². The molecule has 5 nitrogen and oxygen atoms in total. The number of aryl methyl sites for hydroxylation is 1. The van der Waals surface area contributed by atoms with Gasteiger partial charge in [0.1, 0.15) is 6.61 Å². The average molecular weight is 282 g/mol. The second-order valence-electron chi connectivity index (χ2n) is 4.44. The maximum absolute atomic E-state index is 12.1. The van der Waals surface area contributed by atoms with Crippen LogP contribution < -0.4 is 10.9 Å². The molecule has 1 amide bonds. The molecule has 0 aliphatic rings. The number of anilines is 1. The molecule has 0 bridgehead atoms. The number of aliphatic hydroxyl groups excluding tert-OH is 1. The van der Waals surface area contributed by atoms with Crippen LogP contribution in [0.2, 0.25) is 0 Å². The molecule has 0 aliphatic heterocycles. The molecule has 0 saturated carbocycles. The molecule has 1 aromatic carbocycles. The van der Waals surface area contributed by atoms with E-state index in [0.29, 0.717) is 16.8 Å². The van der Waals surface area contributed by atoms with Crippen LogP contribution in [-0.2, 0) is 0 Å². The lowest BCUT2D eigenvalue weighted by molar-refractivity contribution is 0.102. The third kappa shape index (κ3) is 4.06. The molecule has 106 valence electrons. The Hall–Kier alpha value is -2.84. The van der Waals surface area contributed by atoms with Crippen LogP contribution in [0.3, 0.4) is 0 Å². The molecular formula is C16H14N2O3. The molecule has 1 heterocycles. The summed E-state index contributed by atoms with van der Waals surface area (Å²) in [4.78, 5) is 25.5. The van der Waals surface area contributed by atoms with E-state index < -0.39 is 0 Å². The molecule has 3 N–H and O–H groups in total. The molecule has 0 atom stereocenters. The van der Waals surface area contributed by atoms with Gasteiger partial charge < -0.3 is 15.4 Å². The maximum atomic E-state index is 12.1. The van der Waals surface area contributed by atoms with Gasteiger partial charge >= 0.3 is 0 Å². The van der Waals surface area contributed by atoms with E-state index in [2.05, 4.69) is 22.1 Å². The van der Waals surface area contributed by atoms with Gasteiger partial charge in [-0.3, -0.25) is 9.59 Å². The molecule has 0 saturated heterocycles. The Morgan fingerprint density at radius 3 is 2.81 bits per heavy atom. The number of carbonyl (C=O) groups is 1. The number of pyridine rings is 1. The van der Waals surface area contributed by atoms with E-state index in [1.807, 2.05) is 19.1 Å². The van der Waals surface area contributed by atoms with Crippen molar-refractivity contribution in [1.29, 1.82) is 0 Å². The van der Waals surface area contributed by atoms with Crippen molar-refractivity contribution in [2.75, 3.05) is 11.9 Å². The van der Waals surface area contributed by atoms with Crippen molar-refractivity contribution >= 4 is 11.6 Å². The van der Waals surface area contributed by atoms with Crippen molar-refractivity contribution in [3.05, 3.63) is 63.6 Å². The summed E-state index contributed by atoms with van der Waals surface area (Å²) in [5, 5.41) is 11.5. The fraction of sp³-hybridized carbons (Fsp3) is 0.125. The Morgan fingerprint density at radius 1 is 1.33 bits per heavy atom. The largest absolute Gasteiger partial charge is 0.384 e. The molecule has 2 aromatic rings. The van der Waals surface area contributed by atoms with Gasteiger partial charge in [-0.1, -0.05) is 11.8 Å². The normalized spacial score (nSPS) is 9.62. The lowest BCUT2D eigenvalue weighted by atomic mass is 10.1. The first-order chi connectivity index (χ1) is 10.1. The fourth-order valence-electron chi connectivity index (χ4n) is 1.82. The zero-order valence-electron chi connectivity index (χ0n) is 11.4. The van der Waals surface area contributed by atoms with Gasteiger partial charge in [-0.05, 0) is 36.8 Å². The van der Waals surface area contributed by atoms with Crippen molar-refractivity contribution in [3.63, 3.8) is 0 Å². The van der Waals surface area contributed by atoms with Crippen LogP contribution in [0.4, 0.5) is 5.69 Å². The van der Waals surface area contributed by atoms with Crippen molar-refractivity contribution < 1.29 is 9.90 Å². The van der Waals surface area contributed by atoms with Crippen LogP contribution in [0.5, 0.6) is 0 Å². The molecule has 0 radical (unpaired) electrons. The highest BCUT2D eigenvalue weighted by Crippen LogP contribution is 2.15. The predicted octanol–water partition coefficient (Wildman–Crippen LogP) is 1.28. The van der Waals surface area contributed by atoms with E-state index in [1.54, 1.807) is 6.07 Å². The number of aromatic nitrogens is 1. The molecule has 0 fully saturated rings. The van der Waals surface area contributed by atoms with Gasteiger partial charge in [0.15, 0.2) is 0 Å². The summed E-state index contributed by atoms with van der Waals surface area (Å²) in [5.74, 6) is 5.04. The number of aromatic amines is 1.